The molecule has 4 atom stereocenters. The number of pyridine rings is 1. The number of hydrogen-bond donors (Lipinski definition) is 3. The number of fused-ring (bicyclic) bond motifs is 1. The van der Waals surface area contributed by atoms with Crippen LogP contribution < -0.4 is 15.4 Å². The Balaban J connectivity index is 1.22. The van der Waals surface area contributed by atoms with Crippen LogP contribution in [-0.4, -0.2) is 72.7 Å². The van der Waals surface area contributed by atoms with Gasteiger partial charge in [0.05, 0.1) is 41.5 Å². The van der Waals surface area contributed by atoms with Gasteiger partial charge in [0.25, 0.3) is 0 Å². The number of anilines is 2. The Morgan fingerprint density at radius 2 is 2.10 bits per heavy atom. The fraction of sp³-hybridized carbons (Fsp3) is 0.500. The zero-order valence-corrected chi connectivity index (χ0v) is 24.9. The van der Waals surface area contributed by atoms with Crippen LogP contribution in [0.2, 0.25) is 0 Å². The van der Waals surface area contributed by atoms with Gasteiger partial charge in [-0.1, -0.05) is 6.07 Å². The van der Waals surface area contributed by atoms with Gasteiger partial charge >= 0.3 is 10.3 Å². The molecule has 0 radical (unpaired) electrons. The zero-order chi connectivity index (χ0) is 29.4. The monoisotopic (exact) mass is 614 g/mol. The molecule has 42 heavy (non-hydrogen) atoms. The first-order valence-corrected chi connectivity index (χ1v) is 16.4. The summed E-state index contributed by atoms with van der Waals surface area (Å²) in [4.78, 5) is 31.0. The lowest BCUT2D eigenvalue weighted by Gasteiger charge is -2.27. The highest BCUT2D eigenvalue weighted by atomic mass is 32.2. The van der Waals surface area contributed by atoms with Gasteiger partial charge in [0.2, 0.25) is 5.78 Å². The van der Waals surface area contributed by atoms with E-state index in [1.807, 2.05) is 13.0 Å². The largest absolute Gasteiger partial charge is 0.391 e. The van der Waals surface area contributed by atoms with Crippen molar-refractivity contribution in [3.05, 3.63) is 62.9 Å². The van der Waals surface area contributed by atoms with Gasteiger partial charge in [0, 0.05) is 35.6 Å². The first-order chi connectivity index (χ1) is 20.2. The van der Waals surface area contributed by atoms with Gasteiger partial charge in [0.1, 0.15) is 24.1 Å². The molecule has 2 unspecified atom stereocenters. The molecule has 3 aliphatic rings. The van der Waals surface area contributed by atoms with Crippen molar-refractivity contribution in [2.24, 2.45) is 11.1 Å². The van der Waals surface area contributed by atoms with E-state index in [9.17, 15) is 18.3 Å². The van der Waals surface area contributed by atoms with Crippen molar-refractivity contribution in [2.75, 3.05) is 36.5 Å². The van der Waals surface area contributed by atoms with Gasteiger partial charge in [0.15, 0.2) is 0 Å². The molecule has 6 rings (SSSR count). The molecule has 0 aromatic carbocycles. The molecule has 1 saturated heterocycles. The highest BCUT2D eigenvalue weighted by Gasteiger charge is 2.37. The van der Waals surface area contributed by atoms with Gasteiger partial charge in [-0.15, -0.1) is 11.3 Å². The van der Waals surface area contributed by atoms with Crippen LogP contribution >= 0.6 is 11.3 Å². The van der Waals surface area contributed by atoms with Gasteiger partial charge < -0.3 is 20.1 Å². The number of nitrogens with one attached hydrogen (secondary N) is 1. The van der Waals surface area contributed by atoms with Crippen LogP contribution in [-0.2, 0) is 25.6 Å². The van der Waals surface area contributed by atoms with E-state index >= 15 is 0 Å². The molecule has 1 saturated carbocycles. The van der Waals surface area contributed by atoms with E-state index in [4.69, 9.17) is 14.9 Å². The van der Waals surface area contributed by atoms with Crippen molar-refractivity contribution in [1.29, 1.82) is 0 Å². The molecule has 3 aromatic rings. The molecule has 1 aliphatic carbocycles. The number of aliphatic hydroxyl groups is 1. The number of carbonyl (C=O) groups is 1. The Morgan fingerprint density at radius 1 is 1.29 bits per heavy atom. The topological polar surface area (TPSA) is 170 Å². The summed E-state index contributed by atoms with van der Waals surface area (Å²) in [6, 6.07) is 5.68. The molecule has 0 bridgehead atoms. The Hall–Kier alpha value is -3.01. The normalized spacial score (nSPS) is 24.1. The van der Waals surface area contributed by atoms with Gasteiger partial charge in [-0.05, 0) is 56.7 Å². The smallest absolute Gasteiger partial charge is 0.333 e. The van der Waals surface area contributed by atoms with Crippen molar-refractivity contribution >= 4 is 39.1 Å². The molecule has 224 valence electrons. The summed E-state index contributed by atoms with van der Waals surface area (Å²) < 4.78 is 33.3. The number of thiophene rings is 1. The first kappa shape index (κ1) is 29.1. The average molecular weight is 615 g/mol. The highest BCUT2D eigenvalue weighted by Crippen LogP contribution is 2.39. The molecule has 12 nitrogen and oxygen atoms in total. The van der Waals surface area contributed by atoms with E-state index in [0.29, 0.717) is 30.1 Å². The summed E-state index contributed by atoms with van der Waals surface area (Å²) in [5, 5.41) is 18.9. The minimum Gasteiger partial charge on any atom is -0.391 e. The zero-order valence-electron chi connectivity index (χ0n) is 23.2. The van der Waals surface area contributed by atoms with Crippen LogP contribution in [0.3, 0.4) is 0 Å². The summed E-state index contributed by atoms with van der Waals surface area (Å²) >= 11 is 1.39. The number of rotatable bonds is 9. The van der Waals surface area contributed by atoms with E-state index in [1.54, 1.807) is 0 Å². The predicted octanol–water partition coefficient (Wildman–Crippen LogP) is 2.51. The molecule has 4 N–H and O–H groups in total. The van der Waals surface area contributed by atoms with Crippen molar-refractivity contribution in [3.8, 4) is 0 Å². The van der Waals surface area contributed by atoms with Crippen LogP contribution in [0.5, 0.6) is 0 Å². The number of aromatic nitrogens is 3. The van der Waals surface area contributed by atoms with Crippen molar-refractivity contribution in [3.63, 3.8) is 0 Å². The second kappa shape index (κ2) is 11.9. The molecular weight excluding hydrogens is 580 g/mol. The summed E-state index contributed by atoms with van der Waals surface area (Å²) in [7, 11) is -4.10. The fourth-order valence-electron chi connectivity index (χ4n) is 6.03. The maximum atomic E-state index is 13.8. The van der Waals surface area contributed by atoms with Crippen LogP contribution in [0.1, 0.15) is 68.7 Å². The number of nitrogens with two attached hydrogens (primary N) is 1. The van der Waals surface area contributed by atoms with E-state index < -0.39 is 28.4 Å². The molecule has 0 spiro atoms. The lowest BCUT2D eigenvalue weighted by Crippen LogP contribution is -2.35. The minimum atomic E-state index is -4.10. The summed E-state index contributed by atoms with van der Waals surface area (Å²) in [5.74, 6) is 0.600. The number of aryl methyl sites for hydroxylation is 1. The standard InChI is InChI=1S/C28H34N6O6S2/c1-16-19(27-24-17(8-11-39-27)5-7-23(33-24)34-9-2-3-10-34)12-22(41-16)26(36)20-13-30-15-31-28(20)32-21-6-4-18(25(21)35)14-40-42(29,37)38/h5,7,12-13,15,18,21,25,27,35H,2-4,6,8-11,14H2,1H3,(H2,29,37,38)(H,30,31,32)/t18-,21?,25-,27?/m1/s1. The molecule has 2 aliphatic heterocycles. The highest BCUT2D eigenvalue weighted by molar-refractivity contribution is 7.84. The van der Waals surface area contributed by atoms with E-state index in [1.165, 1.54) is 42.3 Å². The SMILES string of the molecule is Cc1sc(C(=O)c2cncnc2NC2CC[C@H](COS(N)(=O)=O)[C@H]2O)cc1C1OCCc2ccc(N3CCCC3)nc21. The third kappa shape index (κ3) is 6.05. The third-order valence-electron chi connectivity index (χ3n) is 8.26. The predicted molar refractivity (Wildman–Crippen MR) is 157 cm³/mol. The van der Waals surface area contributed by atoms with Crippen molar-refractivity contribution in [1.82, 2.24) is 15.0 Å². The maximum Gasteiger partial charge on any atom is 0.333 e. The number of ether oxygens (including phenoxy) is 1. The summed E-state index contributed by atoms with van der Waals surface area (Å²) in [6.45, 7) is 4.36. The maximum absolute atomic E-state index is 13.8. The Morgan fingerprint density at radius 3 is 2.88 bits per heavy atom. The molecule has 2 fully saturated rings. The number of carbonyl (C=O) groups excluding carboxylic acids is 1. The van der Waals surface area contributed by atoms with Gasteiger partial charge in [-0.2, -0.15) is 8.42 Å². The lowest BCUT2D eigenvalue weighted by molar-refractivity contribution is 0.0664. The van der Waals surface area contributed by atoms with Crippen LogP contribution in [0, 0.1) is 12.8 Å². The first-order valence-electron chi connectivity index (χ1n) is 14.1. The quantitative estimate of drug-likeness (QED) is 0.303. The van der Waals surface area contributed by atoms with E-state index in [-0.39, 0.29) is 24.1 Å². The van der Waals surface area contributed by atoms with Gasteiger partial charge in [-0.3, -0.25) is 8.98 Å². The molecule has 14 heteroatoms. The second-order valence-corrected chi connectivity index (χ2v) is 13.5. The average Bonchev–Trinajstić information content (AvgIpc) is 3.72. The number of hydrogen-bond acceptors (Lipinski definition) is 12. The Labute approximate surface area is 248 Å². The van der Waals surface area contributed by atoms with Crippen LogP contribution in [0.15, 0.2) is 30.7 Å². The van der Waals surface area contributed by atoms with Crippen LogP contribution in [0.4, 0.5) is 11.6 Å². The summed E-state index contributed by atoms with van der Waals surface area (Å²) in [6.07, 6.45) is 5.71. The van der Waals surface area contributed by atoms with Crippen LogP contribution in [0.25, 0.3) is 0 Å². The van der Waals surface area contributed by atoms with Crippen molar-refractivity contribution < 1.29 is 27.2 Å². The number of nitrogens with zero attached hydrogens (tertiary/aromatic N) is 4. The Kier molecular flexibility index (Phi) is 8.26. The van der Waals surface area contributed by atoms with E-state index in [0.717, 1.165) is 41.5 Å². The number of ketones is 1. The third-order valence-corrected chi connectivity index (χ3v) is 9.79. The molecule has 3 aromatic heterocycles. The summed E-state index contributed by atoms with van der Waals surface area (Å²) in [5.41, 5.74) is 3.28. The molecule has 5 heterocycles. The Bertz CT molecular complexity index is 1570. The number of aliphatic hydroxyl groups excluding tert-OH is 1. The second-order valence-electron chi connectivity index (χ2n) is 11.0. The van der Waals surface area contributed by atoms with Gasteiger partial charge in [-0.25, -0.2) is 20.1 Å². The lowest BCUT2D eigenvalue weighted by atomic mass is 9.97. The molecular formula is C28H34N6O6S2. The minimum absolute atomic E-state index is 0.217. The van der Waals surface area contributed by atoms with E-state index in [2.05, 4.69) is 36.5 Å². The molecule has 0 amide bonds. The fourth-order valence-corrected chi connectivity index (χ4v) is 7.40. The van der Waals surface area contributed by atoms with Crippen molar-refractivity contribution in [2.45, 2.75) is 57.3 Å².